The third kappa shape index (κ3) is 4.06. The number of sulfone groups is 1. The zero-order valence-corrected chi connectivity index (χ0v) is 14.5. The number of benzene rings is 2. The van der Waals surface area contributed by atoms with Gasteiger partial charge in [0.15, 0.2) is 5.03 Å². The molecule has 0 atom stereocenters. The fraction of sp³-hybridized carbons (Fsp3) is 0. The van der Waals surface area contributed by atoms with Gasteiger partial charge in [0.2, 0.25) is 9.84 Å². The zero-order chi connectivity index (χ0) is 17.0. The van der Waals surface area contributed by atoms with Crippen LogP contribution in [0.1, 0.15) is 10.4 Å². The molecule has 0 saturated carbocycles. The predicted molar refractivity (Wildman–Crippen MR) is 91.3 cm³/mol. The van der Waals surface area contributed by atoms with Gasteiger partial charge in [-0.2, -0.15) is 0 Å². The molecular formula is C15H10Cl3NO3S. The van der Waals surface area contributed by atoms with Gasteiger partial charge in [0.1, 0.15) is 4.49 Å². The summed E-state index contributed by atoms with van der Waals surface area (Å²) >= 11 is 17.3. The molecule has 0 spiro atoms. The van der Waals surface area contributed by atoms with Crippen molar-refractivity contribution in [3.05, 3.63) is 74.7 Å². The lowest BCUT2D eigenvalue weighted by atomic mass is 10.2. The molecule has 0 aliphatic rings. The first kappa shape index (κ1) is 17.8. The molecule has 0 aliphatic heterocycles. The summed E-state index contributed by atoms with van der Waals surface area (Å²) in [6.07, 6.45) is 0. The second-order valence-corrected chi connectivity index (χ2v) is 7.58. The molecule has 0 aromatic heterocycles. The molecule has 0 saturated heterocycles. The summed E-state index contributed by atoms with van der Waals surface area (Å²) in [6, 6.07) is 13.7. The van der Waals surface area contributed by atoms with Gasteiger partial charge in [0.25, 0.3) is 5.91 Å². The summed E-state index contributed by atoms with van der Waals surface area (Å²) in [7, 11) is -4.08. The van der Waals surface area contributed by atoms with Gasteiger partial charge < -0.3 is 5.32 Å². The first-order valence-electron chi connectivity index (χ1n) is 6.25. The van der Waals surface area contributed by atoms with Gasteiger partial charge in [-0.1, -0.05) is 65.1 Å². The third-order valence-corrected chi connectivity index (χ3v) is 5.51. The van der Waals surface area contributed by atoms with Crippen LogP contribution in [0.2, 0.25) is 5.02 Å². The van der Waals surface area contributed by atoms with Crippen LogP contribution in [0, 0.1) is 0 Å². The SMILES string of the molecule is O=C(NC(=C(Cl)Cl)S(=O)(=O)c1ccccc1)c1ccccc1Cl. The lowest BCUT2D eigenvalue weighted by Crippen LogP contribution is -2.28. The smallest absolute Gasteiger partial charge is 0.257 e. The minimum atomic E-state index is -4.08. The number of carbonyl (C=O) groups excluding carboxylic acids is 1. The van der Waals surface area contributed by atoms with E-state index in [0.29, 0.717) is 0 Å². The van der Waals surface area contributed by atoms with E-state index < -0.39 is 25.3 Å². The average molecular weight is 391 g/mol. The molecule has 23 heavy (non-hydrogen) atoms. The maximum atomic E-state index is 12.6. The molecule has 2 rings (SSSR count). The number of halogens is 3. The van der Waals surface area contributed by atoms with Crippen LogP contribution >= 0.6 is 34.8 Å². The molecule has 1 N–H and O–H groups in total. The lowest BCUT2D eigenvalue weighted by Gasteiger charge is -2.12. The summed E-state index contributed by atoms with van der Waals surface area (Å²) in [5.41, 5.74) is 0.101. The number of amides is 1. The molecule has 2 aromatic rings. The van der Waals surface area contributed by atoms with E-state index in [-0.39, 0.29) is 15.5 Å². The highest BCUT2D eigenvalue weighted by atomic mass is 35.5. The summed E-state index contributed by atoms with van der Waals surface area (Å²) in [6.45, 7) is 0. The van der Waals surface area contributed by atoms with Gasteiger partial charge in [-0.25, -0.2) is 8.42 Å². The number of nitrogens with one attached hydrogen (secondary N) is 1. The van der Waals surface area contributed by atoms with Crippen LogP contribution in [0.15, 0.2) is 69.0 Å². The van der Waals surface area contributed by atoms with E-state index in [2.05, 4.69) is 5.32 Å². The fourth-order valence-corrected chi connectivity index (χ4v) is 3.86. The van der Waals surface area contributed by atoms with Crippen molar-refractivity contribution < 1.29 is 13.2 Å². The van der Waals surface area contributed by atoms with Crippen LogP contribution in [0.4, 0.5) is 0 Å². The Morgan fingerprint density at radius 3 is 2.04 bits per heavy atom. The highest BCUT2D eigenvalue weighted by molar-refractivity contribution is 7.95. The number of hydrogen-bond donors (Lipinski definition) is 1. The summed E-state index contributed by atoms with van der Waals surface area (Å²) in [5.74, 6) is -0.732. The van der Waals surface area contributed by atoms with E-state index in [1.807, 2.05) is 0 Å². The van der Waals surface area contributed by atoms with Crippen molar-refractivity contribution in [2.75, 3.05) is 0 Å². The normalized spacial score (nSPS) is 10.9. The van der Waals surface area contributed by atoms with Crippen molar-refractivity contribution in [2.45, 2.75) is 4.90 Å². The average Bonchev–Trinajstić information content (AvgIpc) is 2.53. The van der Waals surface area contributed by atoms with Gasteiger partial charge in [0, 0.05) is 0 Å². The van der Waals surface area contributed by atoms with E-state index in [4.69, 9.17) is 34.8 Å². The molecule has 0 fully saturated rings. The zero-order valence-electron chi connectivity index (χ0n) is 11.5. The third-order valence-electron chi connectivity index (χ3n) is 2.84. The van der Waals surface area contributed by atoms with Crippen LogP contribution in [0.5, 0.6) is 0 Å². The van der Waals surface area contributed by atoms with E-state index in [0.717, 1.165) is 0 Å². The van der Waals surface area contributed by atoms with Crippen molar-refractivity contribution in [2.24, 2.45) is 0 Å². The first-order chi connectivity index (χ1) is 10.8. The minimum absolute atomic E-state index is 0.0479. The van der Waals surface area contributed by atoms with Crippen LogP contribution in [-0.2, 0) is 9.84 Å². The highest BCUT2D eigenvalue weighted by Crippen LogP contribution is 2.25. The number of carbonyl (C=O) groups is 1. The topological polar surface area (TPSA) is 63.2 Å². The maximum Gasteiger partial charge on any atom is 0.257 e. The van der Waals surface area contributed by atoms with Crippen molar-refractivity contribution >= 4 is 50.5 Å². The quantitative estimate of drug-likeness (QED) is 0.853. The Morgan fingerprint density at radius 2 is 1.48 bits per heavy atom. The molecule has 2 aromatic carbocycles. The summed E-state index contributed by atoms with van der Waals surface area (Å²) < 4.78 is 24.5. The highest BCUT2D eigenvalue weighted by Gasteiger charge is 2.26. The molecule has 0 unspecified atom stereocenters. The van der Waals surface area contributed by atoms with Crippen LogP contribution < -0.4 is 5.32 Å². The Morgan fingerprint density at radius 1 is 0.913 bits per heavy atom. The first-order valence-corrected chi connectivity index (χ1v) is 8.87. The van der Waals surface area contributed by atoms with Gasteiger partial charge in [-0.05, 0) is 24.3 Å². The Hall–Kier alpha value is -1.53. The Bertz CT molecular complexity index is 861. The number of hydrogen-bond acceptors (Lipinski definition) is 3. The molecule has 120 valence electrons. The second-order valence-electron chi connectivity index (χ2n) is 4.34. The maximum absolute atomic E-state index is 12.6. The molecule has 4 nitrogen and oxygen atoms in total. The summed E-state index contributed by atoms with van der Waals surface area (Å²) in [5, 5.41) is 1.79. The van der Waals surface area contributed by atoms with Crippen LogP contribution in [0.25, 0.3) is 0 Å². The molecule has 0 radical (unpaired) electrons. The van der Waals surface area contributed by atoms with E-state index in [9.17, 15) is 13.2 Å². The second kappa shape index (κ2) is 7.36. The van der Waals surface area contributed by atoms with Crippen LogP contribution in [-0.4, -0.2) is 14.3 Å². The molecule has 8 heteroatoms. The molecule has 1 amide bonds. The Labute approximate surface area is 148 Å². The largest absolute Gasteiger partial charge is 0.310 e. The Balaban J connectivity index is 2.41. The minimum Gasteiger partial charge on any atom is -0.310 e. The lowest BCUT2D eigenvalue weighted by molar-refractivity contribution is 0.0968. The van der Waals surface area contributed by atoms with Crippen molar-refractivity contribution in [3.8, 4) is 0 Å². The van der Waals surface area contributed by atoms with Gasteiger partial charge in [-0.3, -0.25) is 4.79 Å². The van der Waals surface area contributed by atoms with Crippen molar-refractivity contribution in [3.63, 3.8) is 0 Å². The predicted octanol–water partition coefficient (Wildman–Crippen LogP) is 4.15. The van der Waals surface area contributed by atoms with E-state index in [1.165, 1.54) is 24.3 Å². The Kier molecular flexibility index (Phi) is 5.70. The molecule has 0 heterocycles. The monoisotopic (exact) mass is 389 g/mol. The molecular weight excluding hydrogens is 381 g/mol. The van der Waals surface area contributed by atoms with Gasteiger partial charge in [-0.15, -0.1) is 0 Å². The van der Waals surface area contributed by atoms with Crippen LogP contribution in [0.3, 0.4) is 0 Å². The molecule has 0 bridgehead atoms. The van der Waals surface area contributed by atoms with Crippen molar-refractivity contribution in [1.82, 2.24) is 5.32 Å². The summed E-state index contributed by atoms with van der Waals surface area (Å²) in [4.78, 5) is 12.2. The van der Waals surface area contributed by atoms with Gasteiger partial charge >= 0.3 is 0 Å². The van der Waals surface area contributed by atoms with Crippen molar-refractivity contribution in [1.29, 1.82) is 0 Å². The fourth-order valence-electron chi connectivity index (χ4n) is 1.75. The molecule has 0 aliphatic carbocycles. The van der Waals surface area contributed by atoms with E-state index >= 15 is 0 Å². The van der Waals surface area contributed by atoms with E-state index in [1.54, 1.807) is 30.3 Å². The van der Waals surface area contributed by atoms with Gasteiger partial charge in [0.05, 0.1) is 15.5 Å². The number of rotatable bonds is 4. The standard InChI is InChI=1S/C15H10Cl3NO3S/c16-12-9-5-4-8-11(12)14(20)19-15(13(17)18)23(21,22)10-6-2-1-3-7-10/h1-9H,(H,19,20).